The molecule has 1 heterocycles. The van der Waals surface area contributed by atoms with Crippen LogP contribution in [0.25, 0.3) is 0 Å². The molecule has 1 aliphatic heterocycles. The molecule has 0 aromatic carbocycles. The summed E-state index contributed by atoms with van der Waals surface area (Å²) in [4.78, 5) is 0. The van der Waals surface area contributed by atoms with Gasteiger partial charge in [-0.3, -0.25) is 0 Å². The average molecular weight is 140 g/mol. The van der Waals surface area contributed by atoms with E-state index in [4.69, 9.17) is 4.65 Å². The Morgan fingerprint density at radius 2 is 1.90 bits per heavy atom. The summed E-state index contributed by atoms with van der Waals surface area (Å²) in [5, 5.41) is 0. The molecular formula is C8H17BO. The van der Waals surface area contributed by atoms with Crippen LogP contribution in [0.4, 0.5) is 0 Å². The number of rotatable bonds is 3. The van der Waals surface area contributed by atoms with E-state index in [-0.39, 0.29) is 0 Å². The molecule has 1 fully saturated rings. The topological polar surface area (TPSA) is 9.23 Å². The first kappa shape index (κ1) is 8.12. The van der Waals surface area contributed by atoms with Crippen molar-refractivity contribution in [1.29, 1.82) is 0 Å². The predicted octanol–water partition coefficient (Wildman–Crippen LogP) is 2.44. The molecule has 1 saturated heterocycles. The second-order valence-electron chi connectivity index (χ2n) is 3.63. The van der Waals surface area contributed by atoms with E-state index < -0.39 is 0 Å². The van der Waals surface area contributed by atoms with Crippen LogP contribution < -0.4 is 0 Å². The molecule has 0 amide bonds. The SMILES string of the molecule is CC(C)COB1CCCC1. The smallest absolute Gasteiger partial charge is 0.293 e. The van der Waals surface area contributed by atoms with E-state index in [0.29, 0.717) is 12.8 Å². The molecule has 0 bridgehead atoms. The first-order valence-corrected chi connectivity index (χ1v) is 4.40. The summed E-state index contributed by atoms with van der Waals surface area (Å²) in [5.74, 6) is 0.695. The van der Waals surface area contributed by atoms with Gasteiger partial charge in [-0.15, -0.1) is 0 Å². The second-order valence-corrected chi connectivity index (χ2v) is 3.63. The molecule has 0 N–H and O–H groups in total. The van der Waals surface area contributed by atoms with Gasteiger partial charge in [0.25, 0.3) is 6.92 Å². The third-order valence-electron chi connectivity index (χ3n) is 1.97. The fourth-order valence-electron chi connectivity index (χ4n) is 1.38. The van der Waals surface area contributed by atoms with E-state index in [0.717, 1.165) is 6.61 Å². The summed E-state index contributed by atoms with van der Waals surface area (Å²) in [7, 11) is 0. The Hall–Kier alpha value is 0.0249. The molecule has 2 heteroatoms. The Kier molecular flexibility index (Phi) is 3.27. The molecule has 1 aliphatic rings. The molecule has 0 saturated carbocycles. The van der Waals surface area contributed by atoms with E-state index in [2.05, 4.69) is 13.8 Å². The van der Waals surface area contributed by atoms with Gasteiger partial charge in [-0.25, -0.2) is 0 Å². The van der Waals surface area contributed by atoms with Crippen LogP contribution in [0.1, 0.15) is 26.7 Å². The summed E-state index contributed by atoms with van der Waals surface area (Å²) in [6, 6.07) is 0. The highest BCUT2D eigenvalue weighted by Crippen LogP contribution is 2.20. The molecular weight excluding hydrogens is 123 g/mol. The van der Waals surface area contributed by atoms with Crippen molar-refractivity contribution in [2.75, 3.05) is 6.61 Å². The minimum absolute atomic E-state index is 0.599. The molecule has 0 unspecified atom stereocenters. The highest BCUT2D eigenvalue weighted by molar-refractivity contribution is 6.52. The average Bonchev–Trinajstić information content (AvgIpc) is 2.34. The van der Waals surface area contributed by atoms with Crippen LogP contribution in [0, 0.1) is 5.92 Å². The van der Waals surface area contributed by atoms with Crippen LogP contribution in [0.15, 0.2) is 0 Å². The van der Waals surface area contributed by atoms with Gasteiger partial charge in [0.1, 0.15) is 0 Å². The van der Waals surface area contributed by atoms with Crippen molar-refractivity contribution >= 4 is 6.92 Å². The van der Waals surface area contributed by atoms with Crippen molar-refractivity contribution in [2.24, 2.45) is 5.92 Å². The largest absolute Gasteiger partial charge is 0.436 e. The standard InChI is InChI=1S/C8H17BO/c1-8(2)7-10-9-5-3-4-6-9/h8H,3-7H2,1-2H3. The molecule has 0 radical (unpaired) electrons. The molecule has 0 aliphatic carbocycles. The van der Waals surface area contributed by atoms with Gasteiger partial charge in [-0.2, -0.15) is 0 Å². The maximum Gasteiger partial charge on any atom is 0.293 e. The van der Waals surface area contributed by atoms with Gasteiger partial charge in [-0.05, 0) is 18.6 Å². The maximum atomic E-state index is 5.66. The normalized spacial score (nSPS) is 18.9. The third kappa shape index (κ3) is 2.74. The van der Waals surface area contributed by atoms with Crippen LogP contribution in [0.2, 0.25) is 12.6 Å². The van der Waals surface area contributed by atoms with Crippen LogP contribution in [0.5, 0.6) is 0 Å². The molecule has 0 aromatic rings. The zero-order chi connectivity index (χ0) is 7.40. The van der Waals surface area contributed by atoms with Gasteiger partial charge in [0.15, 0.2) is 0 Å². The second kappa shape index (κ2) is 4.02. The number of hydrogen-bond acceptors (Lipinski definition) is 1. The Morgan fingerprint density at radius 3 is 2.40 bits per heavy atom. The lowest BCUT2D eigenvalue weighted by Gasteiger charge is -2.09. The van der Waals surface area contributed by atoms with Gasteiger partial charge in [0.05, 0.1) is 0 Å². The van der Waals surface area contributed by atoms with E-state index in [1.54, 1.807) is 0 Å². The van der Waals surface area contributed by atoms with Gasteiger partial charge < -0.3 is 4.65 Å². The maximum absolute atomic E-state index is 5.66. The van der Waals surface area contributed by atoms with Gasteiger partial charge in [0.2, 0.25) is 0 Å². The molecule has 0 spiro atoms. The molecule has 10 heavy (non-hydrogen) atoms. The fourth-order valence-corrected chi connectivity index (χ4v) is 1.38. The molecule has 1 nitrogen and oxygen atoms in total. The van der Waals surface area contributed by atoms with E-state index >= 15 is 0 Å². The summed E-state index contributed by atoms with van der Waals surface area (Å²) in [5.41, 5.74) is 0. The summed E-state index contributed by atoms with van der Waals surface area (Å²) < 4.78 is 5.66. The Labute approximate surface area is 64.3 Å². The van der Waals surface area contributed by atoms with Crippen LogP contribution in [-0.4, -0.2) is 13.5 Å². The quantitative estimate of drug-likeness (QED) is 0.547. The zero-order valence-electron chi connectivity index (χ0n) is 7.10. The zero-order valence-corrected chi connectivity index (χ0v) is 7.10. The van der Waals surface area contributed by atoms with Crippen molar-refractivity contribution in [1.82, 2.24) is 0 Å². The first-order chi connectivity index (χ1) is 4.79. The monoisotopic (exact) mass is 140 g/mol. The van der Waals surface area contributed by atoms with Crippen LogP contribution in [0.3, 0.4) is 0 Å². The van der Waals surface area contributed by atoms with E-state index in [1.165, 1.54) is 25.5 Å². The van der Waals surface area contributed by atoms with E-state index in [9.17, 15) is 0 Å². The summed E-state index contributed by atoms with van der Waals surface area (Å²) in [6.07, 6.45) is 5.35. The summed E-state index contributed by atoms with van der Waals surface area (Å²) in [6.45, 7) is 5.96. The number of hydrogen-bond donors (Lipinski definition) is 0. The highest BCUT2D eigenvalue weighted by atomic mass is 16.4. The van der Waals surface area contributed by atoms with Crippen molar-refractivity contribution in [3.63, 3.8) is 0 Å². The molecule has 0 atom stereocenters. The Balaban J connectivity index is 2.01. The Morgan fingerprint density at radius 1 is 1.30 bits per heavy atom. The lowest BCUT2D eigenvalue weighted by molar-refractivity contribution is 0.273. The summed E-state index contributed by atoms with van der Waals surface area (Å²) >= 11 is 0. The van der Waals surface area contributed by atoms with Gasteiger partial charge in [-0.1, -0.05) is 26.7 Å². The van der Waals surface area contributed by atoms with Gasteiger partial charge >= 0.3 is 0 Å². The fraction of sp³-hybridized carbons (Fsp3) is 1.00. The third-order valence-corrected chi connectivity index (χ3v) is 1.97. The Bertz CT molecular complexity index is 87.3. The molecule has 1 rings (SSSR count). The lowest BCUT2D eigenvalue weighted by atomic mass is 9.66. The molecule has 58 valence electrons. The van der Waals surface area contributed by atoms with Crippen molar-refractivity contribution < 1.29 is 4.65 Å². The van der Waals surface area contributed by atoms with E-state index in [1.807, 2.05) is 0 Å². The van der Waals surface area contributed by atoms with Crippen molar-refractivity contribution in [3.8, 4) is 0 Å². The van der Waals surface area contributed by atoms with Crippen LogP contribution in [-0.2, 0) is 4.65 Å². The minimum atomic E-state index is 0.599. The minimum Gasteiger partial charge on any atom is -0.436 e. The van der Waals surface area contributed by atoms with Crippen molar-refractivity contribution in [3.05, 3.63) is 0 Å². The van der Waals surface area contributed by atoms with Crippen molar-refractivity contribution in [2.45, 2.75) is 39.3 Å². The first-order valence-electron chi connectivity index (χ1n) is 4.40. The highest BCUT2D eigenvalue weighted by Gasteiger charge is 2.20. The van der Waals surface area contributed by atoms with Gasteiger partial charge in [0, 0.05) is 6.61 Å². The van der Waals surface area contributed by atoms with Crippen LogP contribution >= 0.6 is 0 Å². The molecule has 0 aromatic heterocycles. The lowest BCUT2D eigenvalue weighted by Crippen LogP contribution is -2.16. The predicted molar refractivity (Wildman–Crippen MR) is 45.4 cm³/mol.